The van der Waals surface area contributed by atoms with Crippen molar-refractivity contribution in [3.05, 3.63) is 29.8 Å². The first-order chi connectivity index (χ1) is 8.46. The van der Waals surface area contributed by atoms with Crippen LogP contribution in [0.15, 0.2) is 24.3 Å². The smallest absolute Gasteiger partial charge is 0.181 e. The highest BCUT2D eigenvalue weighted by Crippen LogP contribution is 2.14. The summed E-state index contributed by atoms with van der Waals surface area (Å²) in [7, 11) is 0. The average Bonchev–Trinajstić information content (AvgIpc) is 2.38. The molecule has 0 bridgehead atoms. The fourth-order valence-electron chi connectivity index (χ4n) is 1.31. The lowest BCUT2D eigenvalue weighted by Gasteiger charge is -2.23. The zero-order chi connectivity index (χ0) is 13.6. The molecule has 1 aromatic rings. The predicted molar refractivity (Wildman–Crippen MR) is 70.1 cm³/mol. The summed E-state index contributed by atoms with van der Waals surface area (Å²) in [6, 6.07) is 9.60. The van der Waals surface area contributed by atoms with Crippen molar-refractivity contribution >= 4 is 0 Å². The van der Waals surface area contributed by atoms with Crippen molar-refractivity contribution in [1.82, 2.24) is 5.32 Å². The zero-order valence-electron chi connectivity index (χ0n) is 11.1. The highest BCUT2D eigenvalue weighted by Gasteiger charge is 2.14. The molecule has 0 amide bonds. The van der Waals surface area contributed by atoms with Crippen molar-refractivity contribution in [3.8, 4) is 11.8 Å². The average molecular weight is 248 g/mol. The normalized spacial score (nSPS) is 12.8. The van der Waals surface area contributed by atoms with E-state index in [2.05, 4.69) is 5.32 Å². The van der Waals surface area contributed by atoms with Crippen LogP contribution in [0.5, 0.6) is 5.75 Å². The van der Waals surface area contributed by atoms with E-state index in [1.807, 2.05) is 44.2 Å². The van der Waals surface area contributed by atoms with Gasteiger partial charge in [-0.25, -0.2) is 0 Å². The number of ether oxygens (including phenoxy) is 1. The Labute approximate surface area is 108 Å². The third-order valence-corrected chi connectivity index (χ3v) is 2.58. The predicted octanol–water partition coefficient (Wildman–Crippen LogP) is 1.84. The molecule has 4 heteroatoms. The largest absolute Gasteiger partial charge is 0.476 e. The minimum Gasteiger partial charge on any atom is -0.476 e. The van der Waals surface area contributed by atoms with Crippen LogP contribution in [-0.2, 0) is 6.54 Å². The van der Waals surface area contributed by atoms with Crippen molar-refractivity contribution in [3.63, 3.8) is 0 Å². The van der Waals surface area contributed by atoms with Crippen molar-refractivity contribution in [2.24, 2.45) is 0 Å². The molecule has 0 saturated heterocycles. The first-order valence-electron chi connectivity index (χ1n) is 5.98. The van der Waals surface area contributed by atoms with Gasteiger partial charge in [0, 0.05) is 12.1 Å². The van der Waals surface area contributed by atoms with Gasteiger partial charge >= 0.3 is 0 Å². The molecule has 1 rings (SSSR count). The number of benzene rings is 1. The molecule has 0 radical (unpaired) electrons. The summed E-state index contributed by atoms with van der Waals surface area (Å²) in [4.78, 5) is 0. The number of rotatable bonds is 6. The van der Waals surface area contributed by atoms with Gasteiger partial charge in [-0.05, 0) is 38.5 Å². The molecular formula is C14H20N2O2. The van der Waals surface area contributed by atoms with Crippen LogP contribution >= 0.6 is 0 Å². The molecule has 0 aliphatic rings. The van der Waals surface area contributed by atoms with Gasteiger partial charge in [0.15, 0.2) is 6.10 Å². The minimum atomic E-state index is -0.442. The molecular weight excluding hydrogens is 228 g/mol. The van der Waals surface area contributed by atoms with Crippen LogP contribution in [0.1, 0.15) is 26.3 Å². The summed E-state index contributed by atoms with van der Waals surface area (Å²) in [5.41, 5.74) is 0.818. The molecule has 0 aromatic heterocycles. The number of nitrogens with one attached hydrogen (secondary N) is 1. The number of aliphatic hydroxyl groups is 1. The Morgan fingerprint density at radius 2 is 2.00 bits per heavy atom. The van der Waals surface area contributed by atoms with E-state index in [1.54, 1.807) is 6.92 Å². The maximum Gasteiger partial charge on any atom is 0.181 e. The molecule has 0 saturated carbocycles. The first-order valence-corrected chi connectivity index (χ1v) is 5.98. The van der Waals surface area contributed by atoms with Gasteiger partial charge in [-0.15, -0.1) is 0 Å². The fourth-order valence-corrected chi connectivity index (χ4v) is 1.31. The Morgan fingerprint density at radius 1 is 1.39 bits per heavy atom. The Bertz CT molecular complexity index is 407. The second-order valence-electron chi connectivity index (χ2n) is 4.93. The minimum absolute atomic E-state index is 0.0911. The molecule has 0 aliphatic heterocycles. The highest BCUT2D eigenvalue weighted by molar-refractivity contribution is 5.27. The molecule has 1 atom stereocenters. The van der Waals surface area contributed by atoms with E-state index in [4.69, 9.17) is 15.1 Å². The van der Waals surface area contributed by atoms with Gasteiger partial charge in [0.2, 0.25) is 0 Å². The SMILES string of the molecule is CC(C#N)Oc1ccc(CNC(C)(C)CO)cc1. The lowest BCUT2D eigenvalue weighted by Crippen LogP contribution is -2.42. The van der Waals surface area contributed by atoms with Crippen LogP contribution in [-0.4, -0.2) is 23.4 Å². The van der Waals surface area contributed by atoms with Gasteiger partial charge in [0.05, 0.1) is 6.61 Å². The van der Waals surface area contributed by atoms with Gasteiger partial charge in [0.1, 0.15) is 11.8 Å². The van der Waals surface area contributed by atoms with E-state index in [9.17, 15) is 0 Å². The summed E-state index contributed by atoms with van der Waals surface area (Å²) in [5, 5.41) is 21.0. The van der Waals surface area contributed by atoms with Crippen molar-refractivity contribution in [1.29, 1.82) is 5.26 Å². The maximum atomic E-state index is 9.13. The summed E-state index contributed by atoms with van der Waals surface area (Å²) in [6.45, 7) is 6.37. The number of nitrogens with zero attached hydrogens (tertiary/aromatic N) is 1. The van der Waals surface area contributed by atoms with E-state index in [-0.39, 0.29) is 12.1 Å². The Kier molecular flexibility index (Phi) is 5.14. The maximum absolute atomic E-state index is 9.13. The number of hydrogen-bond donors (Lipinski definition) is 2. The van der Waals surface area contributed by atoms with Crippen molar-refractivity contribution in [2.45, 2.75) is 39.0 Å². The van der Waals surface area contributed by atoms with Gasteiger partial charge in [-0.2, -0.15) is 5.26 Å². The van der Waals surface area contributed by atoms with Gasteiger partial charge < -0.3 is 15.2 Å². The number of nitriles is 1. The summed E-state index contributed by atoms with van der Waals surface area (Å²) in [6.07, 6.45) is -0.442. The molecule has 98 valence electrons. The van der Waals surface area contributed by atoms with Crippen molar-refractivity contribution < 1.29 is 9.84 Å². The van der Waals surface area contributed by atoms with Crippen LogP contribution in [0.25, 0.3) is 0 Å². The molecule has 0 spiro atoms. The molecule has 0 heterocycles. The van der Waals surface area contributed by atoms with Gasteiger partial charge in [0.25, 0.3) is 0 Å². The van der Waals surface area contributed by atoms with Gasteiger partial charge in [-0.3, -0.25) is 0 Å². The fraction of sp³-hybridized carbons (Fsp3) is 0.500. The zero-order valence-corrected chi connectivity index (χ0v) is 11.1. The lowest BCUT2D eigenvalue weighted by atomic mass is 10.1. The Hall–Kier alpha value is -1.57. The van der Waals surface area contributed by atoms with E-state index in [0.29, 0.717) is 12.3 Å². The highest BCUT2D eigenvalue weighted by atomic mass is 16.5. The molecule has 4 nitrogen and oxygen atoms in total. The van der Waals surface area contributed by atoms with E-state index < -0.39 is 6.10 Å². The number of hydrogen-bond acceptors (Lipinski definition) is 4. The summed E-state index contributed by atoms with van der Waals surface area (Å²) < 4.78 is 5.36. The van der Waals surface area contributed by atoms with E-state index >= 15 is 0 Å². The van der Waals surface area contributed by atoms with Crippen LogP contribution in [0.3, 0.4) is 0 Å². The van der Waals surface area contributed by atoms with Crippen LogP contribution < -0.4 is 10.1 Å². The van der Waals surface area contributed by atoms with Crippen molar-refractivity contribution in [2.75, 3.05) is 6.61 Å². The molecule has 0 fully saturated rings. The third-order valence-electron chi connectivity index (χ3n) is 2.58. The summed E-state index contributed by atoms with van der Waals surface area (Å²) >= 11 is 0. The molecule has 1 unspecified atom stereocenters. The standard InChI is InChI=1S/C14H20N2O2/c1-11(8-15)18-13-6-4-12(5-7-13)9-16-14(2,3)10-17/h4-7,11,16-17H,9-10H2,1-3H3. The summed E-state index contributed by atoms with van der Waals surface area (Å²) in [5.74, 6) is 0.689. The Morgan fingerprint density at radius 3 is 2.50 bits per heavy atom. The molecule has 0 aliphatic carbocycles. The van der Waals surface area contributed by atoms with Gasteiger partial charge in [-0.1, -0.05) is 12.1 Å². The van der Waals surface area contributed by atoms with E-state index in [0.717, 1.165) is 5.56 Å². The first kappa shape index (κ1) is 14.5. The number of aliphatic hydroxyl groups excluding tert-OH is 1. The monoisotopic (exact) mass is 248 g/mol. The van der Waals surface area contributed by atoms with Crippen LogP contribution in [0.2, 0.25) is 0 Å². The second-order valence-corrected chi connectivity index (χ2v) is 4.93. The van der Waals surface area contributed by atoms with Crippen LogP contribution in [0.4, 0.5) is 0 Å². The molecule has 1 aromatic carbocycles. The molecule has 18 heavy (non-hydrogen) atoms. The Balaban J connectivity index is 2.53. The molecule has 2 N–H and O–H groups in total. The third kappa shape index (κ3) is 4.74. The lowest BCUT2D eigenvalue weighted by molar-refractivity contribution is 0.187. The quantitative estimate of drug-likeness (QED) is 0.806. The van der Waals surface area contributed by atoms with Crippen LogP contribution in [0, 0.1) is 11.3 Å². The topological polar surface area (TPSA) is 65.3 Å². The second kappa shape index (κ2) is 6.39. The van der Waals surface area contributed by atoms with E-state index in [1.165, 1.54) is 0 Å².